The lowest BCUT2D eigenvalue weighted by Gasteiger charge is -1.98. The summed E-state index contributed by atoms with van der Waals surface area (Å²) in [6.45, 7) is 0. The van der Waals surface area contributed by atoms with E-state index in [1.807, 2.05) is 24.3 Å². The number of halogens is 1. The third kappa shape index (κ3) is 3.09. The largest absolute Gasteiger partial charge is 0.482 e. The molecule has 0 unspecified atom stereocenters. The van der Waals surface area contributed by atoms with Gasteiger partial charge in [-0.1, -0.05) is 18.2 Å². The van der Waals surface area contributed by atoms with Crippen LogP contribution in [0.3, 0.4) is 0 Å². The molecule has 2 rings (SSSR count). The Morgan fingerprint density at radius 2 is 2.00 bits per heavy atom. The topological polar surface area (TPSA) is 71.7 Å². The van der Waals surface area contributed by atoms with Gasteiger partial charge >= 0.3 is 13.7 Å². The number of esters is 1. The number of rotatable bonds is 1. The van der Waals surface area contributed by atoms with E-state index in [9.17, 15) is 4.79 Å². The summed E-state index contributed by atoms with van der Waals surface area (Å²) in [5.74, 6) is -0.349. The average molecular weight is 299 g/mol. The molecule has 0 amide bonds. The van der Waals surface area contributed by atoms with Gasteiger partial charge in [-0.05, 0) is 12.1 Å². The number of benzene rings is 1. The highest BCUT2D eigenvalue weighted by Gasteiger charge is 2.13. The van der Waals surface area contributed by atoms with Gasteiger partial charge in [0.25, 0.3) is 0 Å². The molecule has 1 aromatic carbocycles. The number of carbonyl (C=O) groups excluding carboxylic acids is 1. The summed E-state index contributed by atoms with van der Waals surface area (Å²) >= 11 is 3.31. The molecule has 2 N–H and O–H groups in total. The maximum Gasteiger partial charge on any atom is 0.482 e. The molecule has 89 valence electrons. The van der Waals surface area contributed by atoms with Crippen LogP contribution in [0.5, 0.6) is 0 Å². The lowest BCUT2D eigenvalue weighted by atomic mass is 10.2. The van der Waals surface area contributed by atoms with Crippen LogP contribution in [-0.2, 0) is 4.74 Å². The van der Waals surface area contributed by atoms with Gasteiger partial charge in [-0.15, -0.1) is 0 Å². The van der Waals surface area contributed by atoms with E-state index < -0.39 is 0 Å². The Balaban J connectivity index is 0.000000437. The molecule has 0 aliphatic rings. The fourth-order valence-electron chi connectivity index (χ4n) is 1.37. The highest BCUT2D eigenvalue weighted by Crippen LogP contribution is 2.22. The Labute approximate surface area is 107 Å². The minimum Gasteiger partial charge on any atom is -0.464 e. The van der Waals surface area contributed by atoms with Crippen molar-refractivity contribution in [2.24, 2.45) is 0 Å². The molecule has 17 heavy (non-hydrogen) atoms. The molecule has 2 aromatic rings. The van der Waals surface area contributed by atoms with Crippen molar-refractivity contribution >= 4 is 40.7 Å². The van der Waals surface area contributed by atoms with Crippen LogP contribution in [0.2, 0.25) is 0 Å². The fourth-order valence-corrected chi connectivity index (χ4v) is 1.94. The molecule has 0 saturated carbocycles. The summed E-state index contributed by atoms with van der Waals surface area (Å²) in [5, 5.41) is 15.0. The number of hydrogen-bond donors (Lipinski definition) is 2. The predicted molar refractivity (Wildman–Crippen MR) is 67.8 cm³/mol. The number of aromatic nitrogens is 1. The van der Waals surface area contributed by atoms with Crippen molar-refractivity contribution in [1.29, 1.82) is 0 Å². The number of methoxy groups -OCH3 is 1. The summed E-state index contributed by atoms with van der Waals surface area (Å²) < 4.78 is 6.30. The van der Waals surface area contributed by atoms with Gasteiger partial charge in [-0.2, -0.15) is 0 Å². The third-order valence-corrected chi connectivity index (χ3v) is 2.81. The smallest absolute Gasteiger partial charge is 0.464 e. The van der Waals surface area contributed by atoms with E-state index in [1.165, 1.54) is 7.11 Å². The van der Waals surface area contributed by atoms with Crippen molar-refractivity contribution in [3.63, 3.8) is 0 Å². The van der Waals surface area contributed by atoms with Crippen molar-refractivity contribution in [2.45, 2.75) is 0 Å². The van der Waals surface area contributed by atoms with Gasteiger partial charge in [0.2, 0.25) is 0 Å². The molecule has 0 spiro atoms. The normalized spacial score (nSPS) is 9.41. The molecule has 0 aliphatic carbocycles. The second-order valence-corrected chi connectivity index (χ2v) is 3.69. The van der Waals surface area contributed by atoms with E-state index in [2.05, 4.69) is 20.9 Å². The highest BCUT2D eigenvalue weighted by molar-refractivity contribution is 9.08. The first-order chi connectivity index (χ1) is 8.15. The molecule has 0 fully saturated rings. The Hall–Kier alpha value is -1.31. The number of ether oxygens (including phenoxy) is 1. The number of hydrogen-bond acceptors (Lipinski definition) is 4. The second-order valence-electron chi connectivity index (χ2n) is 2.98. The number of para-hydroxylation sites is 1. The molecule has 1 radical (unpaired) electrons. The van der Waals surface area contributed by atoms with Gasteiger partial charge in [0.15, 0.2) is 0 Å². The molecule has 0 saturated heterocycles. The lowest BCUT2D eigenvalue weighted by molar-refractivity contribution is 0.0594. The van der Waals surface area contributed by atoms with Crippen LogP contribution < -0.4 is 0 Å². The highest BCUT2D eigenvalue weighted by atomic mass is 79.9. The third-order valence-electron chi connectivity index (χ3n) is 2.05. The van der Waals surface area contributed by atoms with Crippen molar-refractivity contribution in [2.75, 3.05) is 7.11 Å². The minimum absolute atomic E-state index is 0. The van der Waals surface area contributed by atoms with Gasteiger partial charge in [-0.3, -0.25) is 3.59 Å². The summed E-state index contributed by atoms with van der Waals surface area (Å²) in [5.41, 5.74) is 1.45. The van der Waals surface area contributed by atoms with Crippen molar-refractivity contribution < 1.29 is 19.6 Å². The SMILES string of the molecule is COC(=O)c1cc2ccccc2n1Br.O[B]O. The second kappa shape index (κ2) is 6.44. The van der Waals surface area contributed by atoms with Crippen LogP contribution in [0, 0.1) is 0 Å². The van der Waals surface area contributed by atoms with E-state index in [4.69, 9.17) is 10.0 Å². The van der Waals surface area contributed by atoms with E-state index in [0.29, 0.717) is 5.69 Å². The van der Waals surface area contributed by atoms with Crippen LogP contribution in [0.4, 0.5) is 0 Å². The van der Waals surface area contributed by atoms with E-state index >= 15 is 0 Å². The molecular weight excluding hydrogens is 289 g/mol. The molecule has 1 heterocycles. The predicted octanol–water partition coefficient (Wildman–Crippen LogP) is 1.09. The van der Waals surface area contributed by atoms with Gasteiger partial charge < -0.3 is 14.8 Å². The number of nitrogens with zero attached hydrogens (tertiary/aromatic N) is 1. The first kappa shape index (κ1) is 13.8. The molecule has 0 bridgehead atoms. The van der Waals surface area contributed by atoms with Crippen molar-refractivity contribution in [1.82, 2.24) is 3.59 Å². The molecule has 0 aliphatic heterocycles. The standard InChI is InChI=1S/C10H8BrNO2.BH2O2/c1-14-10(13)9-6-7-4-2-3-5-8(7)12(9)11;2-1-3/h2-6H,1H3;2-3H. The first-order valence-corrected chi connectivity index (χ1v) is 5.31. The summed E-state index contributed by atoms with van der Waals surface area (Å²) in [4.78, 5) is 11.3. The van der Waals surface area contributed by atoms with Gasteiger partial charge in [0.1, 0.15) is 5.69 Å². The lowest BCUT2D eigenvalue weighted by Crippen LogP contribution is -2.03. The minimum atomic E-state index is -0.349. The summed E-state index contributed by atoms with van der Waals surface area (Å²) in [6.07, 6.45) is 0. The Kier molecular flexibility index (Phi) is 5.21. The quantitative estimate of drug-likeness (QED) is 0.611. The molecule has 1 aromatic heterocycles. The molecule has 7 heteroatoms. The zero-order valence-electron chi connectivity index (χ0n) is 9.00. The Morgan fingerprint density at radius 1 is 1.41 bits per heavy atom. The van der Waals surface area contributed by atoms with Crippen LogP contribution in [0.1, 0.15) is 10.5 Å². The maximum atomic E-state index is 11.3. The van der Waals surface area contributed by atoms with Gasteiger partial charge in [-0.25, -0.2) is 4.79 Å². The van der Waals surface area contributed by atoms with Crippen LogP contribution in [0.25, 0.3) is 10.9 Å². The van der Waals surface area contributed by atoms with Gasteiger partial charge in [0, 0.05) is 5.39 Å². The molecule has 0 atom stereocenters. The Bertz CT molecular complexity index is 514. The Morgan fingerprint density at radius 3 is 2.53 bits per heavy atom. The van der Waals surface area contributed by atoms with Gasteiger partial charge in [0.05, 0.1) is 28.8 Å². The zero-order chi connectivity index (χ0) is 12.8. The fraction of sp³-hybridized carbons (Fsp3) is 0.100. The van der Waals surface area contributed by atoms with Crippen molar-refractivity contribution in [3.05, 3.63) is 36.0 Å². The number of fused-ring (bicyclic) bond motifs is 1. The average Bonchev–Trinajstić information content (AvgIpc) is 2.68. The van der Waals surface area contributed by atoms with E-state index in [-0.39, 0.29) is 13.7 Å². The van der Waals surface area contributed by atoms with Crippen LogP contribution in [0.15, 0.2) is 30.3 Å². The number of carbonyl (C=O) groups is 1. The summed E-state index contributed by atoms with van der Waals surface area (Å²) in [7, 11) is 1.37. The summed E-state index contributed by atoms with van der Waals surface area (Å²) in [6, 6.07) is 9.50. The molecular formula is C10H10BBrNO4. The van der Waals surface area contributed by atoms with Crippen molar-refractivity contribution in [3.8, 4) is 0 Å². The first-order valence-electron chi connectivity index (χ1n) is 4.60. The van der Waals surface area contributed by atoms with Crippen LogP contribution in [-0.4, -0.2) is 34.4 Å². The monoisotopic (exact) mass is 298 g/mol. The zero-order valence-corrected chi connectivity index (χ0v) is 10.6. The molecule has 5 nitrogen and oxygen atoms in total. The van der Waals surface area contributed by atoms with E-state index in [0.717, 1.165) is 10.9 Å². The van der Waals surface area contributed by atoms with E-state index in [1.54, 1.807) is 9.66 Å². The maximum absolute atomic E-state index is 11.3. The van der Waals surface area contributed by atoms with Crippen LogP contribution >= 0.6 is 16.1 Å².